The molecule has 0 fully saturated rings. The Balaban J connectivity index is 2.06. The van der Waals surface area contributed by atoms with Crippen LogP contribution in [-0.4, -0.2) is 27.8 Å². The third kappa shape index (κ3) is 3.50. The van der Waals surface area contributed by atoms with Crippen LogP contribution in [0.5, 0.6) is 5.75 Å². The molecule has 0 bridgehead atoms. The lowest BCUT2D eigenvalue weighted by Gasteiger charge is -2.09. The van der Waals surface area contributed by atoms with Crippen molar-refractivity contribution in [1.29, 1.82) is 0 Å². The summed E-state index contributed by atoms with van der Waals surface area (Å²) in [5, 5.41) is 4.07. The zero-order valence-electron chi connectivity index (χ0n) is 12.1. The van der Waals surface area contributed by atoms with Gasteiger partial charge in [0, 0.05) is 18.3 Å². The van der Waals surface area contributed by atoms with Crippen molar-refractivity contribution in [2.75, 3.05) is 12.8 Å². The van der Waals surface area contributed by atoms with Crippen LogP contribution in [0.25, 0.3) is 0 Å². The number of ether oxygens (including phenoxy) is 2. The Labute approximate surface area is 122 Å². The Morgan fingerprint density at radius 1 is 1.43 bits per heavy atom. The second kappa shape index (κ2) is 6.74. The van der Waals surface area contributed by atoms with Crippen LogP contribution in [0.1, 0.15) is 29.5 Å². The Morgan fingerprint density at radius 3 is 2.95 bits per heavy atom. The number of methoxy groups -OCH3 is 1. The molecule has 0 saturated heterocycles. The Kier molecular flexibility index (Phi) is 4.76. The lowest BCUT2D eigenvalue weighted by Crippen LogP contribution is -2.12. The van der Waals surface area contributed by atoms with Gasteiger partial charge in [0.2, 0.25) is 0 Å². The molecular weight excluding hydrogens is 272 g/mol. The van der Waals surface area contributed by atoms with Gasteiger partial charge in [0.05, 0.1) is 7.11 Å². The van der Waals surface area contributed by atoms with Crippen LogP contribution < -0.4 is 10.5 Å². The number of aromatic nitrogens is 3. The molecule has 0 unspecified atom stereocenters. The SMILES string of the molecule is CCCn1ncnc1COC(=O)c1ccc(N)cc1OC. The number of anilines is 1. The van der Waals surface area contributed by atoms with Gasteiger partial charge in [0.15, 0.2) is 12.4 Å². The molecule has 0 amide bonds. The van der Waals surface area contributed by atoms with E-state index in [0.717, 1.165) is 13.0 Å². The maximum atomic E-state index is 12.1. The third-order valence-corrected chi connectivity index (χ3v) is 2.91. The van der Waals surface area contributed by atoms with Crippen molar-refractivity contribution in [3.8, 4) is 5.75 Å². The molecule has 2 N–H and O–H groups in total. The van der Waals surface area contributed by atoms with Crippen molar-refractivity contribution < 1.29 is 14.3 Å². The predicted octanol–water partition coefficient (Wildman–Crippen LogP) is 1.64. The smallest absolute Gasteiger partial charge is 0.342 e. The fourth-order valence-electron chi connectivity index (χ4n) is 1.88. The van der Waals surface area contributed by atoms with E-state index in [1.54, 1.807) is 22.9 Å². The number of carbonyl (C=O) groups is 1. The van der Waals surface area contributed by atoms with Crippen molar-refractivity contribution in [2.45, 2.75) is 26.5 Å². The fourth-order valence-corrected chi connectivity index (χ4v) is 1.88. The van der Waals surface area contributed by atoms with Crippen LogP contribution in [0.3, 0.4) is 0 Å². The summed E-state index contributed by atoms with van der Waals surface area (Å²) in [7, 11) is 1.48. The minimum Gasteiger partial charge on any atom is -0.496 e. The van der Waals surface area contributed by atoms with Gasteiger partial charge in [-0.25, -0.2) is 14.5 Å². The number of aryl methyl sites for hydroxylation is 1. The molecule has 21 heavy (non-hydrogen) atoms. The second-order valence-corrected chi connectivity index (χ2v) is 4.44. The zero-order valence-corrected chi connectivity index (χ0v) is 12.1. The summed E-state index contributed by atoms with van der Waals surface area (Å²) in [6, 6.07) is 4.78. The molecule has 0 aliphatic heterocycles. The Bertz CT molecular complexity index is 624. The van der Waals surface area contributed by atoms with E-state index in [4.69, 9.17) is 15.2 Å². The molecule has 1 aromatic heterocycles. The van der Waals surface area contributed by atoms with E-state index in [9.17, 15) is 4.79 Å². The third-order valence-electron chi connectivity index (χ3n) is 2.91. The highest BCUT2D eigenvalue weighted by Gasteiger charge is 2.15. The van der Waals surface area contributed by atoms with E-state index in [0.29, 0.717) is 22.8 Å². The molecule has 0 saturated carbocycles. The zero-order chi connectivity index (χ0) is 15.2. The van der Waals surface area contributed by atoms with E-state index >= 15 is 0 Å². The van der Waals surface area contributed by atoms with Crippen molar-refractivity contribution in [3.05, 3.63) is 35.9 Å². The average molecular weight is 290 g/mol. The van der Waals surface area contributed by atoms with E-state index in [1.807, 2.05) is 6.92 Å². The van der Waals surface area contributed by atoms with Gasteiger partial charge < -0.3 is 15.2 Å². The summed E-state index contributed by atoms with van der Waals surface area (Å²) in [6.07, 6.45) is 2.37. The lowest BCUT2D eigenvalue weighted by molar-refractivity contribution is 0.0453. The van der Waals surface area contributed by atoms with Gasteiger partial charge in [0.1, 0.15) is 17.6 Å². The van der Waals surface area contributed by atoms with Crippen molar-refractivity contribution >= 4 is 11.7 Å². The van der Waals surface area contributed by atoms with Crippen LogP contribution in [0.2, 0.25) is 0 Å². The summed E-state index contributed by atoms with van der Waals surface area (Å²) >= 11 is 0. The number of benzene rings is 1. The number of rotatable bonds is 6. The molecule has 1 heterocycles. The summed E-state index contributed by atoms with van der Waals surface area (Å²) in [5.41, 5.74) is 6.50. The molecule has 1 aromatic carbocycles. The number of esters is 1. The number of nitrogen functional groups attached to an aromatic ring is 1. The minimum absolute atomic E-state index is 0.0619. The monoisotopic (exact) mass is 290 g/mol. The maximum absolute atomic E-state index is 12.1. The van der Waals surface area contributed by atoms with Crippen LogP contribution in [0, 0.1) is 0 Å². The van der Waals surface area contributed by atoms with Gasteiger partial charge in [-0.05, 0) is 18.6 Å². The van der Waals surface area contributed by atoms with Gasteiger partial charge in [-0.1, -0.05) is 6.92 Å². The fraction of sp³-hybridized carbons (Fsp3) is 0.357. The first-order chi connectivity index (χ1) is 10.2. The van der Waals surface area contributed by atoms with Crippen LogP contribution in [0.4, 0.5) is 5.69 Å². The van der Waals surface area contributed by atoms with Crippen molar-refractivity contribution in [2.24, 2.45) is 0 Å². The van der Waals surface area contributed by atoms with E-state index in [1.165, 1.54) is 13.4 Å². The Hall–Kier alpha value is -2.57. The van der Waals surface area contributed by atoms with Gasteiger partial charge in [-0.2, -0.15) is 5.10 Å². The van der Waals surface area contributed by atoms with Crippen LogP contribution in [-0.2, 0) is 17.9 Å². The molecule has 0 spiro atoms. The normalized spacial score (nSPS) is 10.4. The molecule has 2 rings (SSSR count). The molecule has 112 valence electrons. The van der Waals surface area contributed by atoms with Gasteiger partial charge >= 0.3 is 5.97 Å². The molecule has 7 nitrogen and oxygen atoms in total. The number of nitrogens with zero attached hydrogens (tertiary/aromatic N) is 3. The first kappa shape index (κ1) is 14.8. The first-order valence-corrected chi connectivity index (χ1v) is 6.63. The number of carbonyl (C=O) groups excluding carboxylic acids is 1. The highest BCUT2D eigenvalue weighted by Crippen LogP contribution is 2.22. The quantitative estimate of drug-likeness (QED) is 0.642. The maximum Gasteiger partial charge on any atom is 0.342 e. The van der Waals surface area contributed by atoms with E-state index in [2.05, 4.69) is 10.1 Å². The predicted molar refractivity (Wildman–Crippen MR) is 76.8 cm³/mol. The summed E-state index contributed by atoms with van der Waals surface area (Å²) < 4.78 is 12.1. The summed E-state index contributed by atoms with van der Waals surface area (Å²) in [6.45, 7) is 2.83. The van der Waals surface area contributed by atoms with E-state index in [-0.39, 0.29) is 6.61 Å². The van der Waals surface area contributed by atoms with Gasteiger partial charge in [-0.15, -0.1) is 0 Å². The van der Waals surface area contributed by atoms with Crippen LogP contribution >= 0.6 is 0 Å². The van der Waals surface area contributed by atoms with Crippen molar-refractivity contribution in [3.63, 3.8) is 0 Å². The molecular formula is C14H18N4O3. The van der Waals surface area contributed by atoms with Gasteiger partial charge in [-0.3, -0.25) is 0 Å². The number of hydrogen-bond donors (Lipinski definition) is 1. The summed E-state index contributed by atoms with van der Waals surface area (Å²) in [5.74, 6) is 0.507. The molecule has 7 heteroatoms. The topological polar surface area (TPSA) is 92.3 Å². The first-order valence-electron chi connectivity index (χ1n) is 6.63. The van der Waals surface area contributed by atoms with Crippen LogP contribution in [0.15, 0.2) is 24.5 Å². The molecule has 0 radical (unpaired) electrons. The average Bonchev–Trinajstić information content (AvgIpc) is 2.92. The molecule has 0 atom stereocenters. The highest BCUT2D eigenvalue weighted by molar-refractivity contribution is 5.93. The number of nitrogens with two attached hydrogens (primary N) is 1. The second-order valence-electron chi connectivity index (χ2n) is 4.44. The van der Waals surface area contributed by atoms with Gasteiger partial charge in [0.25, 0.3) is 0 Å². The summed E-state index contributed by atoms with van der Waals surface area (Å²) in [4.78, 5) is 16.2. The number of hydrogen-bond acceptors (Lipinski definition) is 6. The lowest BCUT2D eigenvalue weighted by atomic mass is 10.2. The van der Waals surface area contributed by atoms with E-state index < -0.39 is 5.97 Å². The molecule has 2 aromatic rings. The van der Waals surface area contributed by atoms with Crippen molar-refractivity contribution in [1.82, 2.24) is 14.8 Å². The molecule has 0 aliphatic carbocycles. The largest absolute Gasteiger partial charge is 0.496 e. The Morgan fingerprint density at radius 2 is 2.24 bits per heavy atom. The minimum atomic E-state index is -0.488. The molecule has 0 aliphatic rings. The highest BCUT2D eigenvalue weighted by atomic mass is 16.5. The standard InChI is InChI=1S/C14H18N4O3/c1-3-6-18-13(16-9-17-18)8-21-14(19)11-5-4-10(15)7-12(11)20-2/h4-5,7,9H,3,6,8,15H2,1-2H3.